The molecule has 2 aliphatic carbocycles. The van der Waals surface area contributed by atoms with Gasteiger partial charge in [0, 0.05) is 29.4 Å². The second-order valence-corrected chi connectivity index (χ2v) is 11.4. The molecule has 1 saturated carbocycles. The number of hydrogen-bond donors (Lipinski definition) is 0. The number of carbonyl (C=O) groups excluding carboxylic acids is 2. The van der Waals surface area contributed by atoms with E-state index in [1.807, 2.05) is 32.0 Å². The van der Waals surface area contributed by atoms with Gasteiger partial charge in [-0.2, -0.15) is 0 Å². The highest BCUT2D eigenvalue weighted by Gasteiger charge is 2.43. The number of rotatable bonds is 6. The number of halogens is 1. The molecular formula is C29H34ClNO4. The van der Waals surface area contributed by atoms with Gasteiger partial charge in [0.2, 0.25) is 0 Å². The number of nitrogens with zero attached hydrogens (tertiary/aromatic N) is 1. The van der Waals surface area contributed by atoms with Gasteiger partial charge in [-0.3, -0.25) is 0 Å². The molecule has 186 valence electrons. The Bertz CT molecular complexity index is 1120. The number of benzene rings is 2. The molecule has 0 radical (unpaired) electrons. The van der Waals surface area contributed by atoms with Crippen LogP contribution >= 0.6 is 11.6 Å². The number of anilines is 1. The first-order valence-corrected chi connectivity index (χ1v) is 13.2. The molecule has 1 aliphatic heterocycles. The summed E-state index contributed by atoms with van der Waals surface area (Å²) in [5.41, 5.74) is 3.88. The summed E-state index contributed by atoms with van der Waals surface area (Å²) in [4.78, 5) is 26.7. The van der Waals surface area contributed by atoms with Gasteiger partial charge in [-0.05, 0) is 85.4 Å². The molecule has 2 aromatic rings. The molecular weight excluding hydrogens is 462 g/mol. The average Bonchev–Trinajstić information content (AvgIpc) is 2.97. The third-order valence-corrected chi connectivity index (χ3v) is 8.16. The van der Waals surface area contributed by atoms with Gasteiger partial charge in [-0.1, -0.05) is 31.5 Å². The number of carbonyl (C=O) groups is 2. The van der Waals surface area contributed by atoms with Crippen molar-refractivity contribution in [1.29, 1.82) is 0 Å². The molecule has 1 spiro atoms. The maximum absolute atomic E-state index is 12.8. The molecule has 0 saturated heterocycles. The fourth-order valence-corrected chi connectivity index (χ4v) is 6.05. The molecule has 5 rings (SSSR count). The number of fused-ring (bicyclic) bond motifs is 3. The van der Waals surface area contributed by atoms with Crippen LogP contribution in [0.3, 0.4) is 0 Å². The second kappa shape index (κ2) is 9.85. The van der Waals surface area contributed by atoms with Gasteiger partial charge < -0.3 is 19.2 Å². The lowest BCUT2D eigenvalue weighted by molar-refractivity contribution is -0.115. The lowest BCUT2D eigenvalue weighted by atomic mass is 9.69. The Balaban J connectivity index is 1.51. The van der Waals surface area contributed by atoms with Crippen molar-refractivity contribution in [3.05, 3.63) is 58.1 Å². The van der Waals surface area contributed by atoms with E-state index in [1.54, 1.807) is 6.07 Å². The summed E-state index contributed by atoms with van der Waals surface area (Å²) in [6.07, 6.45) is 6.24. The topological polar surface area (TPSA) is 55.8 Å². The largest absolute Gasteiger partial charge is 0.490 e. The Morgan fingerprint density at radius 1 is 1.26 bits per heavy atom. The van der Waals surface area contributed by atoms with Crippen molar-refractivity contribution in [2.45, 2.75) is 51.4 Å². The van der Waals surface area contributed by atoms with E-state index in [4.69, 9.17) is 21.1 Å². The second-order valence-electron chi connectivity index (χ2n) is 10.9. The number of aldehydes is 1. The normalized spacial score (nSPS) is 25.2. The smallest absolute Gasteiger partial charge is 0.338 e. The molecule has 1 heterocycles. The summed E-state index contributed by atoms with van der Waals surface area (Å²) >= 11 is 6.34. The number of ether oxygens (including phenoxy) is 2. The highest BCUT2D eigenvalue weighted by molar-refractivity contribution is 6.30. The molecule has 0 aromatic heterocycles. The minimum absolute atomic E-state index is 0.107. The Hall–Kier alpha value is -2.53. The summed E-state index contributed by atoms with van der Waals surface area (Å²) in [6, 6.07) is 11.9. The first kappa shape index (κ1) is 24.2. The maximum Gasteiger partial charge on any atom is 0.338 e. The van der Waals surface area contributed by atoms with Crippen molar-refractivity contribution < 1.29 is 19.1 Å². The van der Waals surface area contributed by atoms with Crippen molar-refractivity contribution in [2.75, 3.05) is 31.2 Å². The molecule has 0 amide bonds. The minimum Gasteiger partial charge on any atom is -0.490 e. The fourth-order valence-electron chi connectivity index (χ4n) is 5.85. The quantitative estimate of drug-likeness (QED) is 0.371. The van der Waals surface area contributed by atoms with E-state index in [-0.39, 0.29) is 23.2 Å². The number of esters is 1. The predicted octanol–water partition coefficient (Wildman–Crippen LogP) is 5.85. The Morgan fingerprint density at radius 2 is 2.11 bits per heavy atom. The van der Waals surface area contributed by atoms with Crippen molar-refractivity contribution in [1.82, 2.24) is 0 Å². The molecule has 3 aliphatic rings. The van der Waals surface area contributed by atoms with E-state index in [0.717, 1.165) is 67.9 Å². The van der Waals surface area contributed by atoms with E-state index >= 15 is 0 Å². The first-order valence-electron chi connectivity index (χ1n) is 12.8. The molecule has 5 nitrogen and oxygen atoms in total. The van der Waals surface area contributed by atoms with Gasteiger partial charge in [0.05, 0.1) is 24.5 Å². The standard InChI is InChI=1S/C29H34ClNO4/c1-19(2)16-34-28(33)21-7-10-27-26(13-21)31(14-22-5-6-23(22)15-32)17-29(18-35-27)11-3-4-20-12-24(30)8-9-25(20)29/h7-10,12-13,15,19,22-23H,3-6,11,14,16-18H2,1-2H3/t22-,23-,29-/m0/s1. The minimum atomic E-state index is -0.313. The van der Waals surface area contributed by atoms with Gasteiger partial charge >= 0.3 is 5.97 Å². The molecule has 0 bridgehead atoms. The summed E-state index contributed by atoms with van der Waals surface area (Å²) in [5.74, 6) is 1.17. The Kier molecular flexibility index (Phi) is 6.80. The number of aryl methyl sites for hydroxylation is 1. The summed E-state index contributed by atoms with van der Waals surface area (Å²) in [6.45, 7) is 6.56. The lowest BCUT2D eigenvalue weighted by Crippen LogP contribution is -2.48. The van der Waals surface area contributed by atoms with E-state index in [2.05, 4.69) is 17.0 Å². The fraction of sp³-hybridized carbons (Fsp3) is 0.517. The molecule has 2 aromatic carbocycles. The van der Waals surface area contributed by atoms with Crippen molar-refractivity contribution in [3.8, 4) is 5.75 Å². The van der Waals surface area contributed by atoms with Crippen LogP contribution in [0.4, 0.5) is 5.69 Å². The van der Waals surface area contributed by atoms with Gasteiger partial charge in [0.15, 0.2) is 0 Å². The first-order chi connectivity index (χ1) is 16.9. The monoisotopic (exact) mass is 495 g/mol. The summed E-state index contributed by atoms with van der Waals surface area (Å²) in [5, 5.41) is 0.767. The highest BCUT2D eigenvalue weighted by Crippen LogP contribution is 2.46. The molecule has 0 unspecified atom stereocenters. The summed E-state index contributed by atoms with van der Waals surface area (Å²) in [7, 11) is 0. The molecule has 3 atom stereocenters. The van der Waals surface area contributed by atoms with Crippen LogP contribution in [0, 0.1) is 17.8 Å². The van der Waals surface area contributed by atoms with E-state index in [1.165, 1.54) is 11.1 Å². The van der Waals surface area contributed by atoms with Crippen LogP contribution < -0.4 is 9.64 Å². The van der Waals surface area contributed by atoms with E-state index < -0.39 is 0 Å². The van der Waals surface area contributed by atoms with E-state index in [9.17, 15) is 9.59 Å². The van der Waals surface area contributed by atoms with Crippen molar-refractivity contribution in [2.24, 2.45) is 17.8 Å². The Labute approximate surface area is 212 Å². The zero-order valence-corrected chi connectivity index (χ0v) is 21.4. The predicted molar refractivity (Wildman–Crippen MR) is 138 cm³/mol. The molecule has 35 heavy (non-hydrogen) atoms. The van der Waals surface area contributed by atoms with Gasteiger partial charge in [-0.25, -0.2) is 4.79 Å². The van der Waals surface area contributed by atoms with Crippen LogP contribution in [0.15, 0.2) is 36.4 Å². The van der Waals surface area contributed by atoms with Crippen LogP contribution in [0.25, 0.3) is 0 Å². The van der Waals surface area contributed by atoms with Crippen LogP contribution in [0.5, 0.6) is 5.75 Å². The zero-order chi connectivity index (χ0) is 24.6. The van der Waals surface area contributed by atoms with Crippen LogP contribution in [-0.4, -0.2) is 38.6 Å². The van der Waals surface area contributed by atoms with Crippen LogP contribution in [0.1, 0.15) is 61.0 Å². The molecule has 6 heteroatoms. The van der Waals surface area contributed by atoms with Gasteiger partial charge in [0.1, 0.15) is 12.0 Å². The number of hydrogen-bond acceptors (Lipinski definition) is 5. The van der Waals surface area contributed by atoms with Crippen LogP contribution in [0.2, 0.25) is 5.02 Å². The summed E-state index contributed by atoms with van der Waals surface area (Å²) < 4.78 is 12.0. The molecule has 1 fully saturated rings. The lowest BCUT2D eigenvalue weighted by Gasteiger charge is -2.43. The average molecular weight is 496 g/mol. The van der Waals surface area contributed by atoms with Crippen molar-refractivity contribution in [3.63, 3.8) is 0 Å². The third kappa shape index (κ3) is 4.80. The van der Waals surface area contributed by atoms with Crippen molar-refractivity contribution >= 4 is 29.5 Å². The zero-order valence-electron chi connectivity index (χ0n) is 20.6. The third-order valence-electron chi connectivity index (χ3n) is 7.93. The van der Waals surface area contributed by atoms with Crippen LogP contribution in [-0.2, 0) is 21.4 Å². The molecule has 0 N–H and O–H groups in total. The van der Waals surface area contributed by atoms with Gasteiger partial charge in [-0.15, -0.1) is 0 Å². The van der Waals surface area contributed by atoms with E-state index in [0.29, 0.717) is 24.7 Å². The maximum atomic E-state index is 12.8. The Morgan fingerprint density at radius 3 is 2.86 bits per heavy atom. The van der Waals surface area contributed by atoms with Gasteiger partial charge in [0.25, 0.3) is 0 Å². The highest BCUT2D eigenvalue weighted by atomic mass is 35.5. The SMILES string of the molecule is CC(C)COC(=O)c1ccc2c(c1)N(C[C@@H]1CC[C@H]1C=O)C[C@@]1(CCCc3cc(Cl)ccc31)CO2.